The Labute approximate surface area is 374 Å². The minimum Gasteiger partial charge on any atom is -0.493 e. The van der Waals surface area contributed by atoms with Gasteiger partial charge in [0.2, 0.25) is 35.3 Å². The molecule has 3 fully saturated rings. The lowest BCUT2D eigenvalue weighted by molar-refractivity contribution is -0.141. The zero-order chi connectivity index (χ0) is 46.0. The highest BCUT2D eigenvalue weighted by molar-refractivity contribution is 6.38. The number of benzene rings is 2. The van der Waals surface area contributed by atoms with E-state index in [2.05, 4.69) is 26.6 Å². The van der Waals surface area contributed by atoms with Crippen LogP contribution < -0.4 is 36.9 Å². The van der Waals surface area contributed by atoms with Gasteiger partial charge in [0.1, 0.15) is 23.5 Å². The molecule has 342 valence electrons. The van der Waals surface area contributed by atoms with Gasteiger partial charge in [-0.15, -0.1) is 0 Å². The fourth-order valence-corrected chi connectivity index (χ4v) is 8.46. The van der Waals surface area contributed by atoms with E-state index in [-0.39, 0.29) is 79.1 Å². The van der Waals surface area contributed by atoms with Crippen LogP contribution in [0.4, 0.5) is 5.69 Å². The van der Waals surface area contributed by atoms with Crippen molar-refractivity contribution in [1.82, 2.24) is 30.7 Å². The predicted octanol–water partition coefficient (Wildman–Crippen LogP) is 2.85. The van der Waals surface area contributed by atoms with Crippen LogP contribution in [0.5, 0.6) is 5.75 Å². The maximum atomic E-state index is 14.1. The summed E-state index contributed by atoms with van der Waals surface area (Å²) in [6.07, 6.45) is 7.43. The molecule has 0 radical (unpaired) electrons. The van der Waals surface area contributed by atoms with Crippen molar-refractivity contribution in [3.8, 4) is 5.75 Å². The number of Topliss-reactive ketones (excluding diaryl/α,β-unsaturated/α-hetero) is 1. The molecule has 5 N–H and O–H groups in total. The third kappa shape index (κ3) is 11.4. The molecule has 18 heteroatoms. The third-order valence-electron chi connectivity index (χ3n) is 12.2. The van der Waals surface area contributed by atoms with Crippen molar-refractivity contribution in [1.29, 1.82) is 0 Å². The Hall–Kier alpha value is -6.98. The highest BCUT2D eigenvalue weighted by Crippen LogP contribution is 2.37. The standard InChI is InChI=1S/C47H53N7O11/c55-37(16-7-2-1-3-8-24-65-36-15-9-13-31-39(36)47(64)54(45(31)62)34-19-20-38(56)52-42(34)59)50-32-14-10-23-53(46(32)63)35(25-28-17-18-28)43(60)51-33(26-30-21-22-48-41(30)58)40(57)44(61)49-27-29-11-5-4-6-12-29/h4-6,9-15,23,28,30,33-35H,1-3,7-8,16-22,24-27H2,(H,48,58)(H,49,61)(H,50,55)(H,51,60)(H,52,56,59). The molecule has 3 aromatic rings. The summed E-state index contributed by atoms with van der Waals surface area (Å²) >= 11 is 0. The molecular weight excluding hydrogens is 839 g/mol. The number of nitrogens with zero attached hydrogens (tertiary/aromatic N) is 2. The Balaban J connectivity index is 0.885. The summed E-state index contributed by atoms with van der Waals surface area (Å²) in [7, 11) is 0. The van der Waals surface area contributed by atoms with Gasteiger partial charge in [-0.05, 0) is 74.3 Å². The van der Waals surface area contributed by atoms with Crippen molar-refractivity contribution in [2.75, 3.05) is 18.5 Å². The number of carbonyl (C=O) groups excluding carboxylic acids is 9. The van der Waals surface area contributed by atoms with Gasteiger partial charge in [0.05, 0.1) is 23.8 Å². The van der Waals surface area contributed by atoms with Crippen LogP contribution >= 0.6 is 0 Å². The van der Waals surface area contributed by atoms with Gasteiger partial charge < -0.3 is 30.6 Å². The first kappa shape index (κ1) is 46.0. The molecule has 65 heavy (non-hydrogen) atoms. The first-order valence-electron chi connectivity index (χ1n) is 22.3. The van der Waals surface area contributed by atoms with Crippen LogP contribution in [0.15, 0.2) is 71.7 Å². The second kappa shape index (κ2) is 21.1. The number of ketones is 1. The quantitative estimate of drug-likeness (QED) is 0.0558. The SMILES string of the molecule is O=C1CCC(N2C(=O)c3cccc(OCCCCCCCC(=O)Nc4cccn(C(CC5CC5)C(=O)NC(CC5CCNC5=O)C(=O)C(=O)NCc5ccccc5)c4=O)c3C2=O)C(=O)N1. The number of unbranched alkanes of at least 4 members (excludes halogenated alkanes) is 4. The Bertz CT molecular complexity index is 2410. The van der Waals surface area contributed by atoms with E-state index in [1.165, 1.54) is 22.9 Å². The van der Waals surface area contributed by atoms with Crippen molar-refractivity contribution in [2.24, 2.45) is 11.8 Å². The van der Waals surface area contributed by atoms with Gasteiger partial charge in [0.25, 0.3) is 23.3 Å². The molecule has 2 aromatic carbocycles. The lowest BCUT2D eigenvalue weighted by Crippen LogP contribution is -2.54. The van der Waals surface area contributed by atoms with Crippen molar-refractivity contribution < 1.29 is 47.9 Å². The normalized spacial score (nSPS) is 18.9. The van der Waals surface area contributed by atoms with Gasteiger partial charge >= 0.3 is 0 Å². The lowest BCUT2D eigenvalue weighted by atomic mass is 9.94. The average molecular weight is 892 g/mol. The number of carbonyl (C=O) groups is 9. The molecule has 1 saturated carbocycles. The highest BCUT2D eigenvalue weighted by atomic mass is 16.5. The topological polar surface area (TPSA) is 248 Å². The van der Waals surface area contributed by atoms with Crippen molar-refractivity contribution in [3.63, 3.8) is 0 Å². The maximum Gasteiger partial charge on any atom is 0.289 e. The van der Waals surface area contributed by atoms with E-state index in [4.69, 9.17) is 4.74 Å². The number of fused-ring (bicyclic) bond motifs is 1. The number of nitrogens with one attached hydrogen (secondary N) is 5. The highest BCUT2D eigenvalue weighted by Gasteiger charge is 2.46. The van der Waals surface area contributed by atoms with E-state index in [1.807, 2.05) is 6.07 Å². The van der Waals surface area contributed by atoms with E-state index in [1.54, 1.807) is 42.5 Å². The van der Waals surface area contributed by atoms with Crippen LogP contribution in [0.3, 0.4) is 0 Å². The van der Waals surface area contributed by atoms with Gasteiger partial charge in [0.15, 0.2) is 0 Å². The zero-order valence-electron chi connectivity index (χ0n) is 35.9. The van der Waals surface area contributed by atoms with E-state index < -0.39 is 70.8 Å². The Morgan fingerprint density at radius 2 is 1.55 bits per heavy atom. The Morgan fingerprint density at radius 1 is 0.785 bits per heavy atom. The maximum absolute atomic E-state index is 14.1. The molecule has 7 rings (SSSR count). The number of rotatable bonds is 22. The number of aromatic nitrogens is 1. The molecule has 4 unspecified atom stereocenters. The summed E-state index contributed by atoms with van der Waals surface area (Å²) in [5.41, 5.74) is 0.398. The summed E-state index contributed by atoms with van der Waals surface area (Å²) in [5.74, 6) is -5.67. The molecule has 1 aliphatic carbocycles. The molecule has 0 spiro atoms. The number of anilines is 1. The number of hydrogen-bond donors (Lipinski definition) is 5. The second-order valence-corrected chi connectivity index (χ2v) is 17.0. The number of ether oxygens (including phenoxy) is 1. The van der Waals surface area contributed by atoms with Crippen LogP contribution in [-0.2, 0) is 40.1 Å². The molecule has 4 aliphatic rings. The summed E-state index contributed by atoms with van der Waals surface area (Å²) < 4.78 is 7.15. The number of hydrogen-bond acceptors (Lipinski definition) is 11. The molecule has 8 amide bonds. The van der Waals surface area contributed by atoms with Crippen molar-refractivity contribution in [2.45, 2.75) is 108 Å². The van der Waals surface area contributed by atoms with Crippen LogP contribution in [0.2, 0.25) is 0 Å². The van der Waals surface area contributed by atoms with E-state index in [9.17, 15) is 47.9 Å². The Morgan fingerprint density at radius 3 is 2.29 bits per heavy atom. The molecular formula is C47H53N7O11. The molecule has 3 aliphatic heterocycles. The van der Waals surface area contributed by atoms with Gasteiger partial charge in [-0.1, -0.05) is 68.5 Å². The molecule has 4 heterocycles. The predicted molar refractivity (Wildman–Crippen MR) is 233 cm³/mol. The lowest BCUT2D eigenvalue weighted by Gasteiger charge is -2.27. The third-order valence-corrected chi connectivity index (χ3v) is 12.2. The van der Waals surface area contributed by atoms with Crippen molar-refractivity contribution in [3.05, 3.63) is 93.9 Å². The van der Waals surface area contributed by atoms with E-state index in [0.717, 1.165) is 36.1 Å². The fourth-order valence-electron chi connectivity index (χ4n) is 8.46. The molecule has 2 saturated heterocycles. The second-order valence-electron chi connectivity index (χ2n) is 17.0. The number of piperidine rings is 1. The average Bonchev–Trinajstić information content (AvgIpc) is 3.98. The van der Waals surface area contributed by atoms with Crippen LogP contribution in [0.25, 0.3) is 0 Å². The smallest absolute Gasteiger partial charge is 0.289 e. The minimum absolute atomic E-state index is 0.00778. The van der Waals surface area contributed by atoms with Gasteiger partial charge in [-0.3, -0.25) is 58.2 Å². The zero-order valence-corrected chi connectivity index (χ0v) is 35.9. The van der Waals surface area contributed by atoms with Gasteiger partial charge in [-0.25, -0.2) is 0 Å². The first-order valence-corrected chi connectivity index (χ1v) is 22.3. The first-order chi connectivity index (χ1) is 31.4. The molecule has 0 bridgehead atoms. The summed E-state index contributed by atoms with van der Waals surface area (Å²) in [6.45, 7) is 0.766. The van der Waals surface area contributed by atoms with Crippen LogP contribution in [-0.4, -0.2) is 87.7 Å². The van der Waals surface area contributed by atoms with Crippen molar-refractivity contribution >= 4 is 58.7 Å². The summed E-state index contributed by atoms with van der Waals surface area (Å²) in [6, 6.07) is 13.3. The fraction of sp³-hybridized carbons (Fsp3) is 0.447. The van der Waals surface area contributed by atoms with Gasteiger partial charge in [-0.2, -0.15) is 0 Å². The number of imide groups is 2. The van der Waals surface area contributed by atoms with Gasteiger partial charge in [0, 0.05) is 38.0 Å². The van der Waals surface area contributed by atoms with Crippen LogP contribution in [0.1, 0.15) is 116 Å². The van der Waals surface area contributed by atoms with Crippen LogP contribution in [0, 0.1) is 11.8 Å². The molecule has 18 nitrogen and oxygen atoms in total. The minimum atomic E-state index is -1.32. The molecule has 1 aromatic heterocycles. The molecule has 4 atom stereocenters. The van der Waals surface area contributed by atoms with E-state index in [0.29, 0.717) is 38.6 Å². The summed E-state index contributed by atoms with van der Waals surface area (Å²) in [4.78, 5) is 131. The van der Waals surface area contributed by atoms with E-state index >= 15 is 0 Å². The number of amides is 8. The number of pyridine rings is 1. The Kier molecular flexibility index (Phi) is 15.0. The largest absolute Gasteiger partial charge is 0.493 e. The summed E-state index contributed by atoms with van der Waals surface area (Å²) in [5, 5.41) is 12.9. The monoisotopic (exact) mass is 891 g/mol.